The highest BCUT2D eigenvalue weighted by molar-refractivity contribution is 7.90. The number of sulfonamides is 1. The molecule has 0 radical (unpaired) electrons. The van der Waals surface area contributed by atoms with Crippen molar-refractivity contribution in [2.75, 3.05) is 26.3 Å². The van der Waals surface area contributed by atoms with Crippen LogP contribution in [0.25, 0.3) is 0 Å². The lowest BCUT2D eigenvalue weighted by atomic mass is 9.83. The molecule has 0 unspecified atom stereocenters. The molecule has 1 aromatic rings. The highest BCUT2D eigenvalue weighted by Crippen LogP contribution is 2.43. The Bertz CT molecular complexity index is 660. The van der Waals surface area contributed by atoms with Crippen molar-refractivity contribution in [2.45, 2.75) is 17.5 Å². The smallest absolute Gasteiger partial charge is 0.477 e. The molecule has 23 heavy (non-hydrogen) atoms. The highest BCUT2D eigenvalue weighted by atomic mass is 32.2. The van der Waals surface area contributed by atoms with Gasteiger partial charge in [-0.25, -0.2) is 13.4 Å². The molecule has 1 spiro atoms. The molecular weight excluding hydrogens is 337 g/mol. The molecule has 0 bridgehead atoms. The lowest BCUT2D eigenvalue weighted by Crippen LogP contribution is -2.68. The molecule has 2 fully saturated rings. The first-order valence-corrected chi connectivity index (χ1v) is 8.43. The Morgan fingerprint density at radius 3 is 2.74 bits per heavy atom. The van der Waals surface area contributed by atoms with E-state index in [4.69, 9.17) is 9.47 Å². The number of alkyl halides is 3. The summed E-state index contributed by atoms with van der Waals surface area (Å²) in [6, 6.07) is 5.16. The highest BCUT2D eigenvalue weighted by Gasteiger charge is 2.62. The van der Waals surface area contributed by atoms with Gasteiger partial charge >= 0.3 is 15.5 Å². The summed E-state index contributed by atoms with van der Waals surface area (Å²) in [5.74, 6) is 0.234. The van der Waals surface area contributed by atoms with Gasteiger partial charge < -0.3 is 9.47 Å². The first-order chi connectivity index (χ1) is 10.7. The van der Waals surface area contributed by atoms with Crippen molar-refractivity contribution in [3.05, 3.63) is 24.4 Å². The van der Waals surface area contributed by atoms with Crippen LogP contribution in [-0.2, 0) is 14.8 Å². The number of ether oxygens (including phenoxy) is 2. The van der Waals surface area contributed by atoms with Gasteiger partial charge in [0, 0.05) is 37.9 Å². The maximum Gasteiger partial charge on any atom is 0.511 e. The lowest BCUT2D eigenvalue weighted by molar-refractivity contribution is -0.117. The summed E-state index contributed by atoms with van der Waals surface area (Å²) in [5, 5.41) is 0. The van der Waals surface area contributed by atoms with E-state index >= 15 is 0 Å². The summed E-state index contributed by atoms with van der Waals surface area (Å²) in [5.41, 5.74) is -6.18. The van der Waals surface area contributed by atoms with Gasteiger partial charge in [0.1, 0.15) is 5.60 Å². The third-order valence-electron chi connectivity index (χ3n) is 4.19. The van der Waals surface area contributed by atoms with Crippen LogP contribution >= 0.6 is 0 Å². The van der Waals surface area contributed by atoms with E-state index in [1.807, 2.05) is 0 Å². The number of nitrogens with zero attached hydrogens (tertiary/aromatic N) is 2. The van der Waals surface area contributed by atoms with Gasteiger partial charge in [0.05, 0.1) is 6.61 Å². The summed E-state index contributed by atoms with van der Waals surface area (Å²) < 4.78 is 71.8. The van der Waals surface area contributed by atoms with Crippen LogP contribution in [0.3, 0.4) is 0 Å². The molecule has 1 atom stereocenters. The monoisotopic (exact) mass is 352 g/mol. The fraction of sp³-hybridized carbons (Fsp3) is 0.615. The molecule has 0 aromatic carbocycles. The Morgan fingerprint density at radius 1 is 1.39 bits per heavy atom. The second-order valence-corrected chi connectivity index (χ2v) is 7.53. The van der Waals surface area contributed by atoms with Crippen LogP contribution in [0.2, 0.25) is 0 Å². The van der Waals surface area contributed by atoms with Crippen LogP contribution in [0.1, 0.15) is 6.42 Å². The van der Waals surface area contributed by atoms with Gasteiger partial charge in [0.15, 0.2) is 0 Å². The van der Waals surface area contributed by atoms with Gasteiger partial charge in [0.25, 0.3) is 0 Å². The topological polar surface area (TPSA) is 68.7 Å². The molecular formula is C13H15F3N2O4S. The zero-order chi connectivity index (χ0) is 16.7. The number of aromatic nitrogens is 1. The molecule has 2 aliphatic heterocycles. The van der Waals surface area contributed by atoms with Crippen molar-refractivity contribution in [1.82, 2.24) is 9.29 Å². The number of rotatable bonds is 4. The van der Waals surface area contributed by atoms with Gasteiger partial charge in [-0.05, 0) is 12.5 Å². The Kier molecular flexibility index (Phi) is 4.01. The molecule has 3 rings (SSSR count). The van der Waals surface area contributed by atoms with Crippen molar-refractivity contribution in [3.63, 3.8) is 0 Å². The second-order valence-electron chi connectivity index (χ2n) is 5.60. The molecule has 0 N–H and O–H groups in total. The standard InChI is InChI=1S/C13H15F3N2O4S/c14-13(15,16)23(19,20)18-8-12(9-18)10(4-6-22-12)7-21-11-3-1-2-5-17-11/h1-3,5,10H,4,6-9H2/t10-/m1/s1. The fourth-order valence-electron chi connectivity index (χ4n) is 2.86. The normalized spacial score (nSPS) is 24.6. The Hall–Kier alpha value is -1.39. The molecule has 3 heterocycles. The van der Waals surface area contributed by atoms with Crippen LogP contribution in [0.4, 0.5) is 13.2 Å². The number of pyridine rings is 1. The van der Waals surface area contributed by atoms with E-state index in [1.165, 1.54) is 0 Å². The van der Waals surface area contributed by atoms with Gasteiger partial charge in [-0.2, -0.15) is 17.5 Å². The summed E-state index contributed by atoms with van der Waals surface area (Å²) in [6.07, 6.45) is 2.17. The van der Waals surface area contributed by atoms with Gasteiger partial charge in [0.2, 0.25) is 5.88 Å². The lowest BCUT2D eigenvalue weighted by Gasteiger charge is -2.48. The average molecular weight is 352 g/mol. The summed E-state index contributed by atoms with van der Waals surface area (Å²) in [7, 11) is -5.29. The second kappa shape index (κ2) is 5.60. The van der Waals surface area contributed by atoms with E-state index in [0.29, 0.717) is 23.2 Å². The average Bonchev–Trinajstić information content (AvgIpc) is 2.87. The Morgan fingerprint density at radius 2 is 2.13 bits per heavy atom. The minimum absolute atomic E-state index is 0.177. The van der Waals surface area contributed by atoms with Crippen molar-refractivity contribution < 1.29 is 31.1 Å². The van der Waals surface area contributed by atoms with E-state index in [-0.39, 0.29) is 25.6 Å². The minimum Gasteiger partial charge on any atom is -0.477 e. The zero-order valence-electron chi connectivity index (χ0n) is 12.0. The van der Waals surface area contributed by atoms with Gasteiger partial charge in [-0.3, -0.25) is 0 Å². The van der Waals surface area contributed by atoms with Crippen LogP contribution in [-0.4, -0.2) is 55.1 Å². The Balaban J connectivity index is 1.63. The maximum absolute atomic E-state index is 12.5. The van der Waals surface area contributed by atoms with E-state index < -0.39 is 21.1 Å². The first-order valence-electron chi connectivity index (χ1n) is 6.99. The number of hydrogen-bond acceptors (Lipinski definition) is 5. The van der Waals surface area contributed by atoms with E-state index in [9.17, 15) is 21.6 Å². The molecule has 0 amide bonds. The largest absolute Gasteiger partial charge is 0.511 e. The third-order valence-corrected chi connectivity index (χ3v) is 5.71. The van der Waals surface area contributed by atoms with Crippen LogP contribution in [0.15, 0.2) is 24.4 Å². The molecule has 0 saturated carbocycles. The Labute approximate surface area is 131 Å². The molecule has 6 nitrogen and oxygen atoms in total. The van der Waals surface area contributed by atoms with E-state index in [2.05, 4.69) is 4.98 Å². The predicted octanol–water partition coefficient (Wildman–Crippen LogP) is 1.40. The summed E-state index contributed by atoms with van der Waals surface area (Å²) >= 11 is 0. The predicted molar refractivity (Wildman–Crippen MR) is 73.1 cm³/mol. The molecule has 128 valence electrons. The van der Waals surface area contributed by atoms with Crippen molar-refractivity contribution in [2.24, 2.45) is 5.92 Å². The van der Waals surface area contributed by atoms with Crippen molar-refractivity contribution in [3.8, 4) is 5.88 Å². The first kappa shape index (κ1) is 16.5. The SMILES string of the molecule is O=S(=O)(N1CC2(C1)OCC[C@@H]2COc1ccccn1)C(F)(F)F. The van der Waals surface area contributed by atoms with Crippen LogP contribution in [0.5, 0.6) is 5.88 Å². The molecule has 2 saturated heterocycles. The van der Waals surface area contributed by atoms with Crippen molar-refractivity contribution >= 4 is 10.0 Å². The summed E-state index contributed by atoms with van der Waals surface area (Å²) in [6.45, 7) is -0.0107. The van der Waals surface area contributed by atoms with Gasteiger partial charge in [-0.15, -0.1) is 0 Å². The number of hydrogen-bond donors (Lipinski definition) is 0. The minimum atomic E-state index is -5.29. The number of halogens is 3. The van der Waals surface area contributed by atoms with Crippen molar-refractivity contribution in [1.29, 1.82) is 0 Å². The van der Waals surface area contributed by atoms with Crippen LogP contribution < -0.4 is 4.74 Å². The molecule has 10 heteroatoms. The van der Waals surface area contributed by atoms with E-state index in [1.54, 1.807) is 24.4 Å². The van der Waals surface area contributed by atoms with E-state index in [0.717, 1.165) is 0 Å². The summed E-state index contributed by atoms with van der Waals surface area (Å²) in [4.78, 5) is 4.00. The molecule has 2 aliphatic rings. The zero-order valence-corrected chi connectivity index (χ0v) is 12.8. The van der Waals surface area contributed by atoms with Crippen LogP contribution in [0, 0.1) is 5.92 Å². The quantitative estimate of drug-likeness (QED) is 0.819. The van der Waals surface area contributed by atoms with Gasteiger partial charge in [-0.1, -0.05) is 6.07 Å². The third kappa shape index (κ3) is 2.90. The molecule has 1 aromatic heterocycles. The molecule has 0 aliphatic carbocycles. The maximum atomic E-state index is 12.5. The fourth-order valence-corrected chi connectivity index (χ4v) is 3.93.